The number of allylic oxidation sites excluding steroid dienone is 6. The molecule has 0 fully saturated rings. The summed E-state index contributed by atoms with van der Waals surface area (Å²) >= 11 is -0.517. The molecule has 0 nitrogen and oxygen atoms in total. The van der Waals surface area contributed by atoms with Crippen LogP contribution in [0.25, 0.3) is 5.57 Å². The summed E-state index contributed by atoms with van der Waals surface area (Å²) in [5.41, 5.74) is 7.82. The minimum absolute atomic E-state index is 0. The van der Waals surface area contributed by atoms with Gasteiger partial charge in [0.15, 0.2) is 0 Å². The van der Waals surface area contributed by atoms with Crippen LogP contribution in [0.5, 0.6) is 0 Å². The van der Waals surface area contributed by atoms with Crippen LogP contribution in [-0.2, 0) is 22.8 Å². The van der Waals surface area contributed by atoms with Gasteiger partial charge in [-0.05, 0) is 0 Å². The molecule has 3 rings (SSSR count). The standard InChI is InChI=1S/C15H13.C3H6.2ClH.Zr/c1-11-14-9-5-4-8-13(14)10-15(11)12-6-2-3-7-12;1-3-2;;;/h2-6,8-10H,7H2,1H3;1-2H3;2*1H;/q;;;;+2/p-2. The summed E-state index contributed by atoms with van der Waals surface area (Å²) in [6.45, 7) is 6.96. The Bertz CT molecular complexity index is 647. The van der Waals surface area contributed by atoms with Gasteiger partial charge in [-0.25, -0.2) is 0 Å². The average Bonchev–Trinajstić information content (AvgIpc) is 2.98. The predicted molar refractivity (Wildman–Crippen MR) is 80.0 cm³/mol. The van der Waals surface area contributed by atoms with Crippen molar-refractivity contribution in [1.29, 1.82) is 0 Å². The van der Waals surface area contributed by atoms with Crippen molar-refractivity contribution in [3.05, 3.63) is 64.8 Å². The molecule has 1 aromatic rings. The molecule has 2 aliphatic carbocycles. The minimum Gasteiger partial charge on any atom is -1.00 e. The molecule has 0 radical (unpaired) electrons. The van der Waals surface area contributed by atoms with E-state index < -0.39 is 22.8 Å². The minimum atomic E-state index is -0.517. The van der Waals surface area contributed by atoms with Crippen molar-refractivity contribution in [2.24, 2.45) is 0 Å². The first-order valence-corrected chi connectivity index (χ1v) is 9.56. The molecule has 0 amide bonds. The van der Waals surface area contributed by atoms with E-state index in [4.69, 9.17) is 0 Å². The predicted octanol–water partition coefficient (Wildman–Crippen LogP) is -1.30. The molecule has 109 valence electrons. The topological polar surface area (TPSA) is 0 Å². The smallest absolute Gasteiger partial charge is 1.00 e. The molecule has 0 saturated heterocycles. The van der Waals surface area contributed by atoms with Crippen LogP contribution in [0.3, 0.4) is 0 Å². The SMILES string of the molecule is C[C](C)=[Zr+2][CH]1C(C2=CC=CC2)=C(C)c2ccccc21.[Cl-].[Cl-]. The zero-order chi connectivity index (χ0) is 13.4. The molecule has 0 aromatic heterocycles. The monoisotopic (exact) mass is 395 g/mol. The third-order valence-corrected chi connectivity index (χ3v) is 7.52. The molecule has 0 bridgehead atoms. The molecule has 3 heteroatoms. The fourth-order valence-electron chi connectivity index (χ4n) is 3.12. The van der Waals surface area contributed by atoms with Crippen LogP contribution in [0.15, 0.2) is 53.6 Å². The molecule has 1 unspecified atom stereocenters. The Morgan fingerprint density at radius 3 is 2.48 bits per heavy atom. The van der Waals surface area contributed by atoms with E-state index in [2.05, 4.69) is 63.3 Å². The second-order valence-electron chi connectivity index (χ2n) is 5.53. The van der Waals surface area contributed by atoms with Gasteiger partial charge in [0.05, 0.1) is 0 Å². The van der Waals surface area contributed by atoms with E-state index in [1.807, 2.05) is 0 Å². The molecule has 21 heavy (non-hydrogen) atoms. The summed E-state index contributed by atoms with van der Waals surface area (Å²) in [5.74, 6) is 0. The van der Waals surface area contributed by atoms with E-state index in [1.165, 1.54) is 11.1 Å². The maximum Gasteiger partial charge on any atom is -1.00 e. The van der Waals surface area contributed by atoms with Crippen LogP contribution < -0.4 is 24.8 Å². The molecular formula is C18H19Cl2Zr. The van der Waals surface area contributed by atoms with Crippen molar-refractivity contribution in [3.63, 3.8) is 0 Å². The van der Waals surface area contributed by atoms with Crippen molar-refractivity contribution >= 4 is 8.78 Å². The number of fused-ring (bicyclic) bond motifs is 1. The second kappa shape index (κ2) is 7.86. The van der Waals surface area contributed by atoms with Gasteiger partial charge >= 0.3 is 127 Å². The summed E-state index contributed by atoms with van der Waals surface area (Å²) in [5, 5.41) is 0. The normalized spacial score (nSPS) is 18.4. The van der Waals surface area contributed by atoms with Crippen molar-refractivity contribution in [3.8, 4) is 0 Å². The molecule has 0 heterocycles. The van der Waals surface area contributed by atoms with Crippen LogP contribution in [0, 0.1) is 0 Å². The fraction of sp³-hybridized carbons (Fsp3) is 0.278. The van der Waals surface area contributed by atoms with E-state index in [9.17, 15) is 0 Å². The molecule has 1 atom stereocenters. The van der Waals surface area contributed by atoms with Gasteiger partial charge in [0.25, 0.3) is 0 Å². The van der Waals surface area contributed by atoms with Crippen LogP contribution >= 0.6 is 0 Å². The van der Waals surface area contributed by atoms with E-state index in [1.54, 1.807) is 19.9 Å². The Hall–Kier alpha value is -0.227. The maximum atomic E-state index is 2.35. The summed E-state index contributed by atoms with van der Waals surface area (Å²) in [4.78, 5) is 0. The van der Waals surface area contributed by atoms with Gasteiger partial charge in [0, 0.05) is 0 Å². The third kappa shape index (κ3) is 3.58. The summed E-state index contributed by atoms with van der Waals surface area (Å²) in [6, 6.07) is 9.03. The van der Waals surface area contributed by atoms with Gasteiger partial charge in [-0.3, -0.25) is 0 Å². The Balaban J connectivity index is 0.00000110. The fourth-order valence-corrected chi connectivity index (χ4v) is 6.88. The van der Waals surface area contributed by atoms with Gasteiger partial charge in [0.1, 0.15) is 0 Å². The quantitative estimate of drug-likeness (QED) is 0.582. The number of rotatable bonds is 2. The summed E-state index contributed by atoms with van der Waals surface area (Å²) in [6.07, 6.45) is 7.94. The van der Waals surface area contributed by atoms with Crippen LogP contribution in [-0.4, -0.2) is 3.21 Å². The first-order chi connectivity index (χ1) is 9.18. The van der Waals surface area contributed by atoms with E-state index in [0.717, 1.165) is 10.0 Å². The van der Waals surface area contributed by atoms with E-state index >= 15 is 0 Å². The van der Waals surface area contributed by atoms with Gasteiger partial charge < -0.3 is 24.8 Å². The van der Waals surface area contributed by atoms with Crippen molar-refractivity contribution in [2.45, 2.75) is 30.8 Å². The van der Waals surface area contributed by atoms with Crippen molar-refractivity contribution in [2.75, 3.05) is 0 Å². The third-order valence-electron chi connectivity index (χ3n) is 3.92. The van der Waals surface area contributed by atoms with Gasteiger partial charge in [-0.2, -0.15) is 0 Å². The van der Waals surface area contributed by atoms with Gasteiger partial charge in [0.2, 0.25) is 0 Å². The Labute approximate surface area is 151 Å². The molecule has 2 aliphatic rings. The number of halogens is 2. The van der Waals surface area contributed by atoms with E-state index in [-0.39, 0.29) is 24.8 Å². The number of benzene rings is 1. The van der Waals surface area contributed by atoms with Gasteiger partial charge in [-0.1, -0.05) is 0 Å². The molecule has 0 saturated carbocycles. The maximum absolute atomic E-state index is 2.35. The molecule has 0 aliphatic heterocycles. The zero-order valence-electron chi connectivity index (χ0n) is 12.6. The molecule has 0 N–H and O–H groups in total. The summed E-state index contributed by atoms with van der Waals surface area (Å²) in [7, 11) is 0. The Morgan fingerprint density at radius 2 is 1.86 bits per heavy atom. The van der Waals surface area contributed by atoms with Crippen molar-refractivity contribution in [1.82, 2.24) is 0 Å². The molecule has 0 spiro atoms. The number of hydrogen-bond donors (Lipinski definition) is 0. The second-order valence-corrected chi connectivity index (χ2v) is 10.1. The molecule has 1 aromatic carbocycles. The first-order valence-electron chi connectivity index (χ1n) is 6.91. The Morgan fingerprint density at radius 1 is 1.14 bits per heavy atom. The van der Waals surface area contributed by atoms with Gasteiger partial charge in [-0.15, -0.1) is 0 Å². The first kappa shape index (κ1) is 18.8. The molecular weight excluding hydrogens is 378 g/mol. The van der Waals surface area contributed by atoms with Crippen LogP contribution in [0.4, 0.5) is 0 Å². The Kier molecular flexibility index (Phi) is 7.05. The van der Waals surface area contributed by atoms with E-state index in [0.29, 0.717) is 0 Å². The zero-order valence-corrected chi connectivity index (χ0v) is 16.6. The van der Waals surface area contributed by atoms with Crippen molar-refractivity contribution < 1.29 is 47.6 Å². The number of hydrogen-bond acceptors (Lipinski definition) is 0. The van der Waals surface area contributed by atoms with Crippen LogP contribution in [0.2, 0.25) is 0 Å². The summed E-state index contributed by atoms with van der Waals surface area (Å²) < 4.78 is 2.41. The van der Waals surface area contributed by atoms with Crippen LogP contribution in [0.1, 0.15) is 41.9 Å². The largest absolute Gasteiger partial charge is 1.00 e. The average molecular weight is 397 g/mol.